The van der Waals surface area contributed by atoms with E-state index in [1.54, 1.807) is 42.5 Å². The molecule has 1 saturated heterocycles. The predicted molar refractivity (Wildman–Crippen MR) is 114 cm³/mol. The van der Waals surface area contributed by atoms with Gasteiger partial charge in [-0.25, -0.2) is 4.90 Å². The molecule has 0 N–H and O–H groups in total. The van der Waals surface area contributed by atoms with Crippen LogP contribution in [0.5, 0.6) is 5.75 Å². The van der Waals surface area contributed by atoms with Crippen LogP contribution in [0.3, 0.4) is 0 Å². The van der Waals surface area contributed by atoms with E-state index in [1.165, 1.54) is 26.2 Å². The summed E-state index contributed by atoms with van der Waals surface area (Å²) in [6, 6.07) is 12.7. The standard InChI is InChI=1S/C23H26N2O6/c1-15-6-5-7-16(12-15)22(27)24(14-21(30-3)31-4)19-13-20(26)25(23(19)28)17-8-10-18(29-2)11-9-17/h5-12,19,21H,13-14H2,1-4H3. The van der Waals surface area contributed by atoms with Gasteiger partial charge in [0.2, 0.25) is 5.91 Å². The molecule has 3 amide bonds. The molecule has 164 valence electrons. The molecule has 3 rings (SSSR count). The fraction of sp³-hybridized carbons (Fsp3) is 0.348. The lowest BCUT2D eigenvalue weighted by Gasteiger charge is -2.30. The quantitative estimate of drug-likeness (QED) is 0.476. The summed E-state index contributed by atoms with van der Waals surface area (Å²) >= 11 is 0. The minimum Gasteiger partial charge on any atom is -0.497 e. The fourth-order valence-corrected chi connectivity index (χ4v) is 3.56. The van der Waals surface area contributed by atoms with Crippen molar-refractivity contribution in [2.45, 2.75) is 25.7 Å². The summed E-state index contributed by atoms with van der Waals surface area (Å²) in [5.74, 6) is -0.611. The number of rotatable bonds is 8. The number of ether oxygens (including phenoxy) is 3. The van der Waals surface area contributed by atoms with Crippen molar-refractivity contribution in [1.82, 2.24) is 4.90 Å². The van der Waals surface area contributed by atoms with Gasteiger partial charge < -0.3 is 19.1 Å². The van der Waals surface area contributed by atoms with E-state index in [4.69, 9.17) is 14.2 Å². The van der Waals surface area contributed by atoms with Gasteiger partial charge in [-0.05, 0) is 43.3 Å². The van der Waals surface area contributed by atoms with Gasteiger partial charge in [0.25, 0.3) is 11.8 Å². The second-order valence-corrected chi connectivity index (χ2v) is 7.21. The lowest BCUT2D eigenvalue weighted by molar-refractivity contribution is -0.128. The number of imide groups is 1. The number of hydrogen-bond acceptors (Lipinski definition) is 6. The zero-order valence-electron chi connectivity index (χ0n) is 18.0. The Kier molecular flexibility index (Phi) is 7.04. The van der Waals surface area contributed by atoms with Crippen LogP contribution in [-0.4, -0.2) is 62.8 Å². The maximum Gasteiger partial charge on any atom is 0.257 e. The molecule has 0 aliphatic carbocycles. The van der Waals surface area contributed by atoms with Crippen LogP contribution in [0.1, 0.15) is 22.3 Å². The number of nitrogens with zero attached hydrogens (tertiary/aromatic N) is 2. The van der Waals surface area contributed by atoms with Crippen molar-refractivity contribution in [2.24, 2.45) is 0 Å². The Hall–Kier alpha value is -3.23. The Labute approximate surface area is 181 Å². The molecule has 8 heteroatoms. The molecule has 1 unspecified atom stereocenters. The van der Waals surface area contributed by atoms with Gasteiger partial charge >= 0.3 is 0 Å². The molecule has 0 bridgehead atoms. The minimum atomic E-state index is -0.963. The van der Waals surface area contributed by atoms with Gasteiger partial charge in [0.1, 0.15) is 11.8 Å². The number of carbonyl (C=O) groups is 3. The molecular formula is C23H26N2O6. The van der Waals surface area contributed by atoms with E-state index in [0.717, 1.165) is 10.5 Å². The highest BCUT2D eigenvalue weighted by atomic mass is 16.7. The van der Waals surface area contributed by atoms with E-state index in [-0.39, 0.29) is 24.8 Å². The molecule has 0 aromatic heterocycles. The highest BCUT2D eigenvalue weighted by molar-refractivity contribution is 6.23. The molecule has 0 spiro atoms. The second kappa shape index (κ2) is 9.72. The van der Waals surface area contributed by atoms with Gasteiger partial charge in [-0.1, -0.05) is 17.7 Å². The first-order valence-corrected chi connectivity index (χ1v) is 9.83. The number of anilines is 1. The van der Waals surface area contributed by atoms with Gasteiger partial charge in [-0.2, -0.15) is 0 Å². The molecular weight excluding hydrogens is 400 g/mol. The van der Waals surface area contributed by atoms with E-state index in [1.807, 2.05) is 13.0 Å². The Morgan fingerprint density at radius 2 is 1.77 bits per heavy atom. The Bertz CT molecular complexity index is 955. The Morgan fingerprint density at radius 3 is 2.35 bits per heavy atom. The maximum absolute atomic E-state index is 13.3. The van der Waals surface area contributed by atoms with Crippen molar-refractivity contribution < 1.29 is 28.6 Å². The van der Waals surface area contributed by atoms with Crippen molar-refractivity contribution in [3.63, 3.8) is 0 Å². The lowest BCUT2D eigenvalue weighted by atomic mass is 10.1. The molecule has 1 heterocycles. The third kappa shape index (κ3) is 4.76. The number of aryl methyl sites for hydroxylation is 1. The SMILES string of the molecule is COc1ccc(N2C(=O)CC(N(CC(OC)OC)C(=O)c3cccc(C)c3)C2=O)cc1. The first kappa shape index (κ1) is 22.5. The van der Waals surface area contributed by atoms with Gasteiger partial charge in [-0.3, -0.25) is 14.4 Å². The molecule has 2 aromatic carbocycles. The summed E-state index contributed by atoms with van der Waals surface area (Å²) in [4.78, 5) is 41.8. The zero-order chi connectivity index (χ0) is 22.5. The molecule has 31 heavy (non-hydrogen) atoms. The molecule has 0 saturated carbocycles. The third-order valence-corrected chi connectivity index (χ3v) is 5.23. The molecule has 1 aliphatic rings. The van der Waals surface area contributed by atoms with Crippen molar-refractivity contribution >= 4 is 23.4 Å². The van der Waals surface area contributed by atoms with Crippen LogP contribution < -0.4 is 9.64 Å². The molecule has 1 fully saturated rings. The summed E-state index contributed by atoms with van der Waals surface area (Å²) in [7, 11) is 4.44. The topological polar surface area (TPSA) is 85.4 Å². The summed E-state index contributed by atoms with van der Waals surface area (Å²) in [6.07, 6.45) is -0.866. The first-order chi connectivity index (χ1) is 14.9. The number of amides is 3. The number of carbonyl (C=O) groups excluding carboxylic acids is 3. The zero-order valence-corrected chi connectivity index (χ0v) is 18.0. The van der Waals surface area contributed by atoms with Crippen molar-refractivity contribution in [3.8, 4) is 5.75 Å². The average molecular weight is 426 g/mol. The third-order valence-electron chi connectivity index (χ3n) is 5.23. The van der Waals surface area contributed by atoms with Crippen LogP contribution >= 0.6 is 0 Å². The molecule has 0 radical (unpaired) electrons. The van der Waals surface area contributed by atoms with E-state index < -0.39 is 18.2 Å². The average Bonchev–Trinajstić information content (AvgIpc) is 3.08. The number of hydrogen-bond donors (Lipinski definition) is 0. The monoisotopic (exact) mass is 426 g/mol. The molecule has 1 atom stereocenters. The predicted octanol–water partition coefficient (Wildman–Crippen LogP) is 2.40. The van der Waals surface area contributed by atoms with E-state index in [2.05, 4.69) is 0 Å². The summed E-state index contributed by atoms with van der Waals surface area (Å²) in [5.41, 5.74) is 1.76. The Morgan fingerprint density at radius 1 is 1.10 bits per heavy atom. The van der Waals surface area contributed by atoms with Gasteiger partial charge in [0, 0.05) is 19.8 Å². The van der Waals surface area contributed by atoms with Crippen LogP contribution in [0.4, 0.5) is 5.69 Å². The minimum absolute atomic E-state index is 0.0000849. The Balaban J connectivity index is 1.93. The first-order valence-electron chi connectivity index (χ1n) is 9.83. The van der Waals surface area contributed by atoms with Crippen LogP contribution in [0.25, 0.3) is 0 Å². The van der Waals surface area contributed by atoms with Gasteiger partial charge in [0.05, 0.1) is 25.8 Å². The number of methoxy groups -OCH3 is 3. The van der Waals surface area contributed by atoms with E-state index >= 15 is 0 Å². The number of benzene rings is 2. The summed E-state index contributed by atoms with van der Waals surface area (Å²) in [6.45, 7) is 1.88. The van der Waals surface area contributed by atoms with Crippen molar-refractivity contribution in [2.75, 3.05) is 32.8 Å². The van der Waals surface area contributed by atoms with E-state index in [9.17, 15) is 14.4 Å². The van der Waals surface area contributed by atoms with Crippen molar-refractivity contribution in [3.05, 3.63) is 59.7 Å². The van der Waals surface area contributed by atoms with Crippen LogP contribution in [-0.2, 0) is 19.1 Å². The molecule has 8 nitrogen and oxygen atoms in total. The lowest BCUT2D eigenvalue weighted by Crippen LogP contribution is -2.49. The fourth-order valence-electron chi connectivity index (χ4n) is 3.56. The normalized spacial score (nSPS) is 16.2. The van der Waals surface area contributed by atoms with Crippen molar-refractivity contribution in [1.29, 1.82) is 0 Å². The van der Waals surface area contributed by atoms with Crippen LogP contribution in [0.15, 0.2) is 48.5 Å². The van der Waals surface area contributed by atoms with Crippen LogP contribution in [0.2, 0.25) is 0 Å². The largest absolute Gasteiger partial charge is 0.497 e. The van der Waals surface area contributed by atoms with Gasteiger partial charge in [-0.15, -0.1) is 0 Å². The molecule has 2 aromatic rings. The highest BCUT2D eigenvalue weighted by Crippen LogP contribution is 2.28. The van der Waals surface area contributed by atoms with Gasteiger partial charge in [0.15, 0.2) is 6.29 Å². The second-order valence-electron chi connectivity index (χ2n) is 7.21. The summed E-state index contributed by atoms with van der Waals surface area (Å²) < 4.78 is 15.7. The van der Waals surface area contributed by atoms with E-state index in [0.29, 0.717) is 17.0 Å². The smallest absolute Gasteiger partial charge is 0.257 e. The highest BCUT2D eigenvalue weighted by Gasteiger charge is 2.45. The molecule has 1 aliphatic heterocycles. The summed E-state index contributed by atoms with van der Waals surface area (Å²) in [5, 5.41) is 0. The van der Waals surface area contributed by atoms with Crippen LogP contribution in [0, 0.1) is 6.92 Å². The maximum atomic E-state index is 13.3.